The molecule has 10 aromatic rings. The predicted molar refractivity (Wildman–Crippen MR) is 279 cm³/mol. The van der Waals surface area contributed by atoms with Gasteiger partial charge in [0.05, 0.1) is 17.1 Å². The van der Waals surface area contributed by atoms with E-state index in [0.29, 0.717) is 24.1 Å². The molecular formula is C62H55N3S. The maximum Gasteiger partial charge on any atom is 0.0722 e. The van der Waals surface area contributed by atoms with Gasteiger partial charge in [-0.25, -0.2) is 0 Å². The summed E-state index contributed by atoms with van der Waals surface area (Å²) in [5.74, 6) is 0. The summed E-state index contributed by atoms with van der Waals surface area (Å²) in [6.45, 7) is 6.05. The zero-order valence-electron chi connectivity index (χ0n) is 44.6. The normalized spacial score (nSPS) is 14.2. The maximum absolute atomic E-state index is 10.1. The summed E-state index contributed by atoms with van der Waals surface area (Å²) in [6.07, 6.45) is 0.845. The molecule has 0 bridgehead atoms. The molecule has 0 unspecified atom stereocenters. The van der Waals surface area contributed by atoms with Crippen molar-refractivity contribution in [2.45, 2.75) is 71.0 Å². The van der Waals surface area contributed by atoms with Crippen LogP contribution in [0.2, 0.25) is 0 Å². The monoisotopic (exact) mass is 880 g/mol. The summed E-state index contributed by atoms with van der Waals surface area (Å²) in [4.78, 5) is 14.6. The zero-order valence-corrected chi connectivity index (χ0v) is 38.5. The highest BCUT2D eigenvalue weighted by Crippen LogP contribution is 2.41. The van der Waals surface area contributed by atoms with E-state index in [1.54, 1.807) is 47.7 Å². The van der Waals surface area contributed by atoms with Crippen LogP contribution in [0.15, 0.2) is 195 Å². The first-order valence-corrected chi connectivity index (χ1v) is 23.3. The van der Waals surface area contributed by atoms with E-state index in [2.05, 4.69) is 64.1 Å². The van der Waals surface area contributed by atoms with Crippen molar-refractivity contribution in [3.8, 4) is 44.9 Å². The first-order valence-electron chi connectivity index (χ1n) is 26.0. The second-order valence-corrected chi connectivity index (χ2v) is 19.5. The molecule has 4 heteroatoms. The van der Waals surface area contributed by atoms with Crippen molar-refractivity contribution in [3.05, 3.63) is 233 Å². The van der Waals surface area contributed by atoms with E-state index in [1.807, 2.05) is 109 Å². The Morgan fingerprint density at radius 2 is 1.02 bits per heavy atom. The summed E-state index contributed by atoms with van der Waals surface area (Å²) >= 11 is 1.64. The van der Waals surface area contributed by atoms with Crippen LogP contribution in [0, 0.1) is 6.85 Å². The van der Waals surface area contributed by atoms with Gasteiger partial charge < -0.3 is 0 Å². The Labute approximate surface area is 403 Å². The molecule has 0 amide bonds. The van der Waals surface area contributed by atoms with Crippen LogP contribution in [0.25, 0.3) is 65.1 Å². The third kappa shape index (κ3) is 8.99. The number of aryl methyl sites for hydroxylation is 3. The van der Waals surface area contributed by atoms with Crippen LogP contribution < -0.4 is 0 Å². The maximum atomic E-state index is 10.1. The highest BCUT2D eigenvalue weighted by atomic mass is 32.1. The Hall–Kier alpha value is -7.01. The van der Waals surface area contributed by atoms with Gasteiger partial charge >= 0.3 is 0 Å². The third-order valence-electron chi connectivity index (χ3n) is 12.7. The van der Waals surface area contributed by atoms with Crippen LogP contribution in [-0.2, 0) is 36.4 Å². The molecule has 6 aromatic carbocycles. The molecule has 0 fully saturated rings. The van der Waals surface area contributed by atoms with Gasteiger partial charge in [-0.15, -0.1) is 11.3 Å². The van der Waals surface area contributed by atoms with Gasteiger partial charge in [-0.1, -0.05) is 179 Å². The summed E-state index contributed by atoms with van der Waals surface area (Å²) in [5.41, 5.74) is 8.64. The van der Waals surface area contributed by atoms with Crippen LogP contribution in [-0.4, -0.2) is 15.0 Å². The topological polar surface area (TPSA) is 38.7 Å². The molecule has 66 heavy (non-hydrogen) atoms. The van der Waals surface area contributed by atoms with Crippen molar-refractivity contribution in [2.24, 2.45) is 0 Å². The van der Waals surface area contributed by atoms with E-state index < -0.39 is 30.4 Å². The number of rotatable bonds is 13. The standard InChI is InChI=1S/C62H55N3S/c1-42-17-12-13-22-51(42)55-36-58(54-25-16-24-53-52-23-14-15-26-59(52)66-60(53)54)63-39-48(55)28-27-43-33-44(37-61(2,3)49-29-31-56(64-40-49)46-18-8-6-9-19-46)35-45(34-43)38-62(4,5)50-30-32-57(65-41-50)47-20-10-7-11-21-47/h6-26,29-36,39-41H,27-28,37-38H2,1-5H3/i1D3,27D2,28D2. The number of fused-ring (bicyclic) bond motifs is 3. The Kier molecular flexibility index (Phi) is 9.68. The van der Waals surface area contributed by atoms with Gasteiger partial charge in [-0.3, -0.25) is 15.0 Å². The fourth-order valence-corrected chi connectivity index (χ4v) is 10.4. The van der Waals surface area contributed by atoms with Gasteiger partial charge in [-0.2, -0.15) is 0 Å². The first kappa shape index (κ1) is 35.3. The number of thiophene rings is 1. The van der Waals surface area contributed by atoms with Crippen molar-refractivity contribution >= 4 is 31.5 Å². The molecule has 0 aliphatic rings. The van der Waals surface area contributed by atoms with Crippen LogP contribution in [0.1, 0.15) is 76.2 Å². The van der Waals surface area contributed by atoms with E-state index in [9.17, 15) is 5.48 Å². The van der Waals surface area contributed by atoms with Crippen molar-refractivity contribution in [3.63, 3.8) is 0 Å². The van der Waals surface area contributed by atoms with E-state index >= 15 is 0 Å². The molecule has 0 atom stereocenters. The Bertz CT molecular complexity index is 3490. The van der Waals surface area contributed by atoms with Gasteiger partial charge in [0.1, 0.15) is 0 Å². The smallest absolute Gasteiger partial charge is 0.0722 e. The number of nitrogens with zero attached hydrogens (tertiary/aromatic N) is 3. The molecule has 0 radical (unpaired) electrons. The minimum atomic E-state index is -2.74. The van der Waals surface area contributed by atoms with E-state index in [4.69, 9.17) is 19.1 Å². The SMILES string of the molecule is [2H]C([2H])([2H])c1ccccc1-c1cc(-c2cccc3c2sc2ccccc23)ncc1C([2H])([2H])C([2H])([2H])c1cc(CC(C)(C)c2ccc(-c3ccccc3)nc2)cc(CC(C)(C)c2ccc(-c3ccccc3)nc2)c1. The quantitative estimate of drug-likeness (QED) is 0.116. The van der Waals surface area contributed by atoms with Crippen molar-refractivity contribution in [1.29, 1.82) is 0 Å². The van der Waals surface area contributed by atoms with Crippen molar-refractivity contribution in [1.82, 2.24) is 15.0 Å². The fourth-order valence-electron chi connectivity index (χ4n) is 9.14. The second kappa shape index (κ2) is 18.1. The number of pyridine rings is 3. The summed E-state index contributed by atoms with van der Waals surface area (Å²) in [7, 11) is 0. The van der Waals surface area contributed by atoms with Crippen molar-refractivity contribution in [2.75, 3.05) is 0 Å². The average Bonchev–Trinajstić information content (AvgIpc) is 3.78. The molecule has 4 aromatic heterocycles. The zero-order chi connectivity index (χ0) is 51.3. The van der Waals surface area contributed by atoms with Crippen LogP contribution in [0.3, 0.4) is 0 Å². The van der Waals surface area contributed by atoms with E-state index in [0.717, 1.165) is 70.5 Å². The van der Waals surface area contributed by atoms with Crippen LogP contribution in [0.4, 0.5) is 0 Å². The molecule has 0 aliphatic heterocycles. The number of hydrogen-bond donors (Lipinski definition) is 0. The molecule has 10 rings (SSSR count). The third-order valence-corrected chi connectivity index (χ3v) is 13.9. The lowest BCUT2D eigenvalue weighted by Crippen LogP contribution is -2.23. The second-order valence-electron chi connectivity index (χ2n) is 18.4. The molecule has 0 N–H and O–H groups in total. The van der Waals surface area contributed by atoms with E-state index in [-0.39, 0.29) is 22.3 Å². The Morgan fingerprint density at radius 3 is 1.64 bits per heavy atom. The van der Waals surface area contributed by atoms with Gasteiger partial charge in [0, 0.05) is 65.0 Å². The minimum absolute atomic E-state index is 0.0381. The average molecular weight is 881 g/mol. The highest BCUT2D eigenvalue weighted by molar-refractivity contribution is 7.26. The van der Waals surface area contributed by atoms with Gasteiger partial charge in [-0.05, 0) is 118 Å². The van der Waals surface area contributed by atoms with E-state index in [1.165, 1.54) is 12.3 Å². The molecular weight excluding hydrogens is 819 g/mol. The van der Waals surface area contributed by atoms with Crippen LogP contribution in [0.5, 0.6) is 0 Å². The summed E-state index contributed by atoms with van der Waals surface area (Å²) < 4.78 is 68.1. The lowest BCUT2D eigenvalue weighted by atomic mass is 9.77. The largest absolute Gasteiger partial charge is 0.256 e. The van der Waals surface area contributed by atoms with Gasteiger partial charge in [0.15, 0.2) is 0 Å². The van der Waals surface area contributed by atoms with Gasteiger partial charge in [0.2, 0.25) is 0 Å². The summed E-state index contributed by atoms with van der Waals surface area (Å²) in [6, 6.07) is 56.7. The lowest BCUT2D eigenvalue weighted by molar-refractivity contribution is 0.512. The molecule has 324 valence electrons. The predicted octanol–water partition coefficient (Wildman–Crippen LogP) is 16.0. The Morgan fingerprint density at radius 1 is 0.470 bits per heavy atom. The number of hydrogen-bond acceptors (Lipinski definition) is 4. The molecule has 0 saturated heterocycles. The molecule has 4 heterocycles. The lowest BCUT2D eigenvalue weighted by Gasteiger charge is -2.28. The van der Waals surface area contributed by atoms with Crippen LogP contribution >= 0.6 is 11.3 Å². The summed E-state index contributed by atoms with van der Waals surface area (Å²) in [5, 5.41) is 2.17. The fraction of sp³-hybridized carbons (Fsp3) is 0.177. The molecule has 0 saturated carbocycles. The van der Waals surface area contributed by atoms with Crippen molar-refractivity contribution < 1.29 is 9.60 Å². The molecule has 3 nitrogen and oxygen atoms in total. The highest BCUT2D eigenvalue weighted by Gasteiger charge is 2.26. The molecule has 0 aliphatic carbocycles. The first-order chi connectivity index (χ1) is 34.8. The molecule has 0 spiro atoms. The minimum Gasteiger partial charge on any atom is -0.256 e. The van der Waals surface area contributed by atoms with Gasteiger partial charge in [0.25, 0.3) is 0 Å². The number of aromatic nitrogens is 3. The Balaban J connectivity index is 1.09. The number of benzene rings is 6.